The molecular weight excluding hydrogens is 715 g/mol. The van der Waals surface area contributed by atoms with Crippen LogP contribution in [0.1, 0.15) is 168 Å². The van der Waals surface area contributed by atoms with Crippen LogP contribution in [-0.4, -0.2) is 80.6 Å². The first-order valence-electron chi connectivity index (χ1n) is 22.5. The summed E-state index contributed by atoms with van der Waals surface area (Å²) in [4.78, 5) is 37.0. The van der Waals surface area contributed by atoms with Gasteiger partial charge in [-0.1, -0.05) is 145 Å². The zero-order valence-corrected chi connectivity index (χ0v) is 37.0. The van der Waals surface area contributed by atoms with E-state index in [9.17, 15) is 19.5 Å². The summed E-state index contributed by atoms with van der Waals surface area (Å²) in [5.41, 5.74) is 0. The van der Waals surface area contributed by atoms with Crippen LogP contribution in [0.4, 0.5) is 0 Å². The van der Waals surface area contributed by atoms with Gasteiger partial charge in [-0.05, 0) is 77.0 Å². The Labute approximate surface area is 349 Å². The maximum Gasteiger partial charge on any atom is 0.362 e. The van der Waals surface area contributed by atoms with E-state index in [0.717, 1.165) is 57.8 Å². The third-order valence-corrected chi connectivity index (χ3v) is 9.61. The molecule has 0 aliphatic rings. The summed E-state index contributed by atoms with van der Waals surface area (Å²) >= 11 is 0. The summed E-state index contributed by atoms with van der Waals surface area (Å²) in [6, 6.07) is -0.631. The van der Waals surface area contributed by atoms with Crippen molar-refractivity contribution in [1.29, 1.82) is 0 Å². The number of likely N-dealkylation sites (N-methyl/N-ethyl adjacent to an activating group) is 1. The summed E-state index contributed by atoms with van der Waals surface area (Å²) in [5, 5.41) is 9.62. The van der Waals surface area contributed by atoms with Gasteiger partial charge in [0.15, 0.2) is 12.1 Å². The van der Waals surface area contributed by atoms with Crippen LogP contribution in [-0.2, 0) is 28.6 Å². The van der Waals surface area contributed by atoms with Gasteiger partial charge in [-0.3, -0.25) is 9.59 Å². The molecule has 1 N–H and O–H groups in total. The second-order valence-electron chi connectivity index (χ2n) is 16.0. The van der Waals surface area contributed by atoms with Gasteiger partial charge in [0.25, 0.3) is 0 Å². The van der Waals surface area contributed by atoms with Gasteiger partial charge in [0.05, 0.1) is 34.4 Å². The number of carbonyl (C=O) groups excluding carboxylic acids is 2. The van der Waals surface area contributed by atoms with E-state index in [0.29, 0.717) is 19.3 Å². The molecule has 0 amide bonds. The van der Waals surface area contributed by atoms with Crippen LogP contribution in [0.25, 0.3) is 0 Å². The molecule has 0 aliphatic carbocycles. The molecule has 0 radical (unpaired) electrons. The molecule has 0 spiro atoms. The smallest absolute Gasteiger partial charge is 0.362 e. The van der Waals surface area contributed by atoms with Crippen molar-refractivity contribution >= 4 is 17.9 Å². The normalized spacial score (nSPS) is 13.6. The van der Waals surface area contributed by atoms with E-state index in [1.54, 1.807) is 0 Å². The molecule has 2 atom stereocenters. The number of quaternary nitrogens is 1. The van der Waals surface area contributed by atoms with Gasteiger partial charge in [-0.15, -0.1) is 0 Å². The number of hydrogen-bond donors (Lipinski definition) is 1. The zero-order valence-electron chi connectivity index (χ0n) is 37.0. The molecule has 8 heteroatoms. The van der Waals surface area contributed by atoms with Gasteiger partial charge in [0.2, 0.25) is 0 Å². The van der Waals surface area contributed by atoms with Crippen molar-refractivity contribution in [2.45, 2.75) is 180 Å². The summed E-state index contributed by atoms with van der Waals surface area (Å²) in [5.74, 6) is -1.58. The van der Waals surface area contributed by atoms with Crippen molar-refractivity contribution in [2.75, 3.05) is 41.0 Å². The first-order valence-corrected chi connectivity index (χ1v) is 22.5. The highest BCUT2D eigenvalue weighted by Gasteiger charge is 2.31. The maximum absolute atomic E-state index is 12.7. The van der Waals surface area contributed by atoms with Crippen LogP contribution >= 0.6 is 0 Å². The number of ether oxygens (including phenoxy) is 3. The Morgan fingerprint density at radius 2 is 1.00 bits per heavy atom. The van der Waals surface area contributed by atoms with E-state index >= 15 is 0 Å². The highest BCUT2D eigenvalue weighted by molar-refractivity contribution is 5.72. The van der Waals surface area contributed by atoms with Crippen molar-refractivity contribution < 1.29 is 38.2 Å². The predicted octanol–water partition coefficient (Wildman–Crippen LogP) is 12.4. The number of rotatable bonds is 39. The lowest BCUT2D eigenvalue weighted by molar-refractivity contribution is -0.887. The van der Waals surface area contributed by atoms with Crippen LogP contribution in [0, 0.1) is 0 Å². The highest BCUT2D eigenvalue weighted by atomic mass is 16.6. The molecule has 57 heavy (non-hydrogen) atoms. The number of carboxylic acids is 1. The number of nitrogens with zero attached hydrogens (tertiary/aromatic N) is 1. The Morgan fingerprint density at radius 1 is 0.544 bits per heavy atom. The van der Waals surface area contributed by atoms with Crippen LogP contribution in [0.2, 0.25) is 0 Å². The molecule has 8 nitrogen and oxygen atoms in total. The summed E-state index contributed by atoms with van der Waals surface area (Å²) in [6.45, 7) is 4.60. The van der Waals surface area contributed by atoms with Crippen LogP contribution in [0.15, 0.2) is 72.9 Å². The van der Waals surface area contributed by atoms with Crippen molar-refractivity contribution in [2.24, 2.45) is 0 Å². The molecule has 0 aromatic heterocycles. The summed E-state index contributed by atoms with van der Waals surface area (Å²) in [7, 11) is 5.49. The van der Waals surface area contributed by atoms with E-state index in [1.165, 1.54) is 70.6 Å². The van der Waals surface area contributed by atoms with Crippen LogP contribution in [0.3, 0.4) is 0 Å². The van der Waals surface area contributed by atoms with Crippen molar-refractivity contribution in [3.63, 3.8) is 0 Å². The second-order valence-corrected chi connectivity index (χ2v) is 16.0. The number of unbranched alkanes of at least 4 members (excludes halogenated alkanes) is 14. The van der Waals surface area contributed by atoms with Crippen molar-refractivity contribution in [1.82, 2.24) is 0 Å². The minimum absolute atomic E-state index is 0.0273. The van der Waals surface area contributed by atoms with Gasteiger partial charge in [0.1, 0.15) is 6.61 Å². The number of aliphatic carboxylic acids is 1. The number of carboxylic acid groups (broad SMARTS) is 1. The van der Waals surface area contributed by atoms with Crippen LogP contribution < -0.4 is 0 Å². The van der Waals surface area contributed by atoms with Gasteiger partial charge in [-0.2, -0.15) is 0 Å². The third-order valence-electron chi connectivity index (χ3n) is 9.61. The Bertz CT molecular complexity index is 1160. The minimum Gasteiger partial charge on any atom is -0.477 e. The second kappa shape index (κ2) is 39.6. The molecule has 0 saturated heterocycles. The highest BCUT2D eigenvalue weighted by Crippen LogP contribution is 2.12. The van der Waals surface area contributed by atoms with Crippen LogP contribution in [0.5, 0.6) is 0 Å². The molecule has 0 heterocycles. The maximum atomic E-state index is 12.7. The molecule has 0 aromatic rings. The number of allylic oxidation sites excluding steroid dienone is 12. The van der Waals surface area contributed by atoms with Gasteiger partial charge < -0.3 is 23.8 Å². The summed E-state index contributed by atoms with van der Waals surface area (Å²) < 4.78 is 17.2. The molecule has 326 valence electrons. The lowest BCUT2D eigenvalue weighted by Gasteiger charge is -2.31. The molecule has 0 saturated carbocycles. The minimum atomic E-state index is -0.890. The Kier molecular flexibility index (Phi) is 37.3. The predicted molar refractivity (Wildman–Crippen MR) is 238 cm³/mol. The molecule has 0 aromatic carbocycles. The van der Waals surface area contributed by atoms with E-state index < -0.39 is 18.1 Å². The number of esters is 2. The SMILES string of the molecule is CCCCC/C=C/C/C=C/C/C=C/C/C=C/CCCC(=O)OC(COCCC(C(=O)O)[N+](C)(C)C)COC(=O)CCCCC/C=C/C=C/CCCCCCCCC. The first kappa shape index (κ1) is 53.8. The summed E-state index contributed by atoms with van der Waals surface area (Å²) in [6.07, 6.45) is 49.5. The number of carbonyl (C=O) groups is 3. The van der Waals surface area contributed by atoms with E-state index in [2.05, 4.69) is 86.8 Å². The number of hydrogen-bond acceptors (Lipinski definition) is 6. The molecular formula is C49H84NO7+. The molecule has 0 rings (SSSR count). The zero-order chi connectivity index (χ0) is 42.1. The monoisotopic (exact) mass is 799 g/mol. The Morgan fingerprint density at radius 3 is 1.56 bits per heavy atom. The molecule has 2 unspecified atom stereocenters. The fourth-order valence-corrected chi connectivity index (χ4v) is 6.07. The van der Waals surface area contributed by atoms with Gasteiger partial charge in [0, 0.05) is 19.3 Å². The van der Waals surface area contributed by atoms with E-state index in [1.807, 2.05) is 21.1 Å². The van der Waals surface area contributed by atoms with E-state index in [-0.39, 0.29) is 42.7 Å². The van der Waals surface area contributed by atoms with Gasteiger partial charge in [-0.25, -0.2) is 4.79 Å². The van der Waals surface area contributed by atoms with Crippen molar-refractivity contribution in [3.8, 4) is 0 Å². The largest absolute Gasteiger partial charge is 0.477 e. The average Bonchev–Trinajstić information content (AvgIpc) is 3.17. The Balaban J connectivity index is 4.50. The molecule has 0 aliphatic heterocycles. The lowest BCUT2D eigenvalue weighted by atomic mass is 10.1. The van der Waals surface area contributed by atoms with E-state index in [4.69, 9.17) is 14.2 Å². The Hall–Kier alpha value is -3.23. The molecule has 0 fully saturated rings. The van der Waals surface area contributed by atoms with Gasteiger partial charge >= 0.3 is 17.9 Å². The quantitative estimate of drug-likeness (QED) is 0.0217. The topological polar surface area (TPSA) is 99.1 Å². The fraction of sp³-hybridized carbons (Fsp3) is 0.694. The molecule has 0 bridgehead atoms. The first-order chi connectivity index (χ1) is 27.6. The fourth-order valence-electron chi connectivity index (χ4n) is 6.07. The lowest BCUT2D eigenvalue weighted by Crippen LogP contribution is -2.50. The van der Waals surface area contributed by atoms with Crippen molar-refractivity contribution in [3.05, 3.63) is 72.9 Å². The third kappa shape index (κ3) is 38.1. The average molecular weight is 799 g/mol. The standard InChI is InChI=1S/C49H83NO7/c1-6-8-10-12-14-16-18-20-22-24-26-28-30-32-34-36-38-40-48(52)57-45(43-55-42-41-46(49(53)54)50(3,4)5)44-56-47(51)39-37-35-33-31-29-27-25-23-21-19-17-15-13-11-9-7-2/h14,16,20,22-23,25-29,32,34,45-46H,6-13,15,17-19,21,24,30-31,33,35-44H2,1-5H3/p+1/b16-14+,22-20+,25-23+,28-26+,29-27+,34-32+.